The molecule has 0 fully saturated rings. The second kappa shape index (κ2) is 3.93. The lowest BCUT2D eigenvalue weighted by Gasteiger charge is -2.15. The van der Waals surface area contributed by atoms with Gasteiger partial charge in [0.2, 0.25) is 0 Å². The normalized spacial score (nSPS) is 24.3. The molecule has 1 rings (SSSR count). The highest BCUT2D eigenvalue weighted by Gasteiger charge is 2.12. The molecule has 1 aliphatic rings. The summed E-state index contributed by atoms with van der Waals surface area (Å²) in [5.41, 5.74) is 0.0208. The molecule has 0 aromatic rings. The topological polar surface area (TPSA) is 26.3 Å². The van der Waals surface area contributed by atoms with Crippen LogP contribution in [0.25, 0.3) is 0 Å². The summed E-state index contributed by atoms with van der Waals surface area (Å²) >= 11 is 3.21. The quantitative estimate of drug-likeness (QED) is 0.569. The zero-order valence-electron chi connectivity index (χ0n) is 5.57. The van der Waals surface area contributed by atoms with Gasteiger partial charge in [0.1, 0.15) is 0 Å². The number of carbonyl (C=O) groups excluding carboxylic acids is 1. The lowest BCUT2D eigenvalue weighted by atomic mass is 10.7. The highest BCUT2D eigenvalue weighted by atomic mass is 32.2. The summed E-state index contributed by atoms with van der Waals surface area (Å²) < 4.78 is 4.94. The summed E-state index contributed by atoms with van der Waals surface area (Å²) in [5.74, 6) is 0.661. The molecule has 0 aromatic heterocycles. The Bertz CT molecular complexity index is 156. The standard InChI is InChI=1S/C6H8O2S2/c1-5(7)8-6-4-9-2-3-10-6/h2-3,6H,4H2,1H3. The number of rotatable bonds is 1. The molecule has 0 saturated heterocycles. The van der Waals surface area contributed by atoms with Crippen LogP contribution in [0.2, 0.25) is 0 Å². The van der Waals surface area contributed by atoms with Gasteiger partial charge < -0.3 is 4.74 Å². The van der Waals surface area contributed by atoms with Gasteiger partial charge in [-0.2, -0.15) is 0 Å². The van der Waals surface area contributed by atoms with Crippen LogP contribution in [0.3, 0.4) is 0 Å². The second-order valence-corrected chi connectivity index (χ2v) is 3.79. The summed E-state index contributed by atoms with van der Waals surface area (Å²) in [5, 5.41) is 3.95. The Kier molecular flexibility index (Phi) is 3.15. The van der Waals surface area contributed by atoms with E-state index in [0.29, 0.717) is 0 Å². The minimum atomic E-state index is -0.201. The summed E-state index contributed by atoms with van der Waals surface area (Å²) in [4.78, 5) is 10.4. The maximum atomic E-state index is 10.4. The van der Waals surface area contributed by atoms with E-state index in [0.717, 1.165) is 5.75 Å². The maximum absolute atomic E-state index is 10.4. The van der Waals surface area contributed by atoms with E-state index in [1.54, 1.807) is 23.5 Å². The Labute approximate surface area is 68.4 Å². The molecule has 0 spiro atoms. The van der Waals surface area contributed by atoms with Crippen LogP contribution < -0.4 is 0 Å². The Morgan fingerprint density at radius 3 is 3.00 bits per heavy atom. The Morgan fingerprint density at radius 1 is 1.70 bits per heavy atom. The zero-order valence-corrected chi connectivity index (χ0v) is 7.21. The van der Waals surface area contributed by atoms with Gasteiger partial charge in [0.25, 0.3) is 0 Å². The Morgan fingerprint density at radius 2 is 2.50 bits per heavy atom. The van der Waals surface area contributed by atoms with E-state index in [-0.39, 0.29) is 11.4 Å². The molecule has 10 heavy (non-hydrogen) atoms. The first-order chi connectivity index (χ1) is 4.79. The van der Waals surface area contributed by atoms with Crippen LogP contribution in [0, 0.1) is 0 Å². The van der Waals surface area contributed by atoms with Crippen LogP contribution in [0.4, 0.5) is 0 Å². The lowest BCUT2D eigenvalue weighted by molar-refractivity contribution is -0.141. The summed E-state index contributed by atoms with van der Waals surface area (Å²) in [7, 11) is 0. The van der Waals surface area contributed by atoms with Gasteiger partial charge in [-0.25, -0.2) is 0 Å². The third-order valence-corrected chi connectivity index (χ3v) is 2.98. The van der Waals surface area contributed by atoms with Crippen LogP contribution in [0.15, 0.2) is 10.8 Å². The molecule has 1 unspecified atom stereocenters. The molecule has 4 heteroatoms. The van der Waals surface area contributed by atoms with Gasteiger partial charge in [0.15, 0.2) is 5.44 Å². The zero-order chi connectivity index (χ0) is 7.40. The van der Waals surface area contributed by atoms with Crippen molar-refractivity contribution >= 4 is 29.5 Å². The fourth-order valence-corrected chi connectivity index (χ4v) is 2.40. The van der Waals surface area contributed by atoms with E-state index in [1.165, 1.54) is 6.92 Å². The molecule has 0 bridgehead atoms. The molecule has 1 aliphatic heterocycles. The number of thioether (sulfide) groups is 2. The van der Waals surface area contributed by atoms with Gasteiger partial charge in [-0.1, -0.05) is 11.8 Å². The predicted octanol–water partition coefficient (Wildman–Crippen LogP) is 1.83. The highest BCUT2D eigenvalue weighted by Crippen LogP contribution is 2.25. The van der Waals surface area contributed by atoms with E-state index < -0.39 is 0 Å². The molecule has 0 aliphatic carbocycles. The van der Waals surface area contributed by atoms with Crippen molar-refractivity contribution in [2.75, 3.05) is 5.75 Å². The molecule has 0 N–H and O–H groups in total. The van der Waals surface area contributed by atoms with Gasteiger partial charge in [0, 0.05) is 12.7 Å². The molecule has 0 aromatic carbocycles. The SMILES string of the molecule is CC(=O)OC1CSC=CS1. The van der Waals surface area contributed by atoms with E-state index >= 15 is 0 Å². The Balaban J connectivity index is 2.28. The molecule has 0 radical (unpaired) electrons. The van der Waals surface area contributed by atoms with Crippen LogP contribution in [-0.2, 0) is 9.53 Å². The predicted molar refractivity (Wildman–Crippen MR) is 44.7 cm³/mol. The first-order valence-corrected chi connectivity index (χ1v) is 4.87. The van der Waals surface area contributed by atoms with Crippen molar-refractivity contribution in [1.29, 1.82) is 0 Å². The van der Waals surface area contributed by atoms with Crippen LogP contribution >= 0.6 is 23.5 Å². The lowest BCUT2D eigenvalue weighted by Crippen LogP contribution is -2.15. The van der Waals surface area contributed by atoms with Gasteiger partial charge >= 0.3 is 5.97 Å². The summed E-state index contributed by atoms with van der Waals surface area (Å²) in [6, 6.07) is 0. The van der Waals surface area contributed by atoms with Crippen molar-refractivity contribution < 1.29 is 9.53 Å². The first-order valence-electron chi connectivity index (χ1n) is 2.88. The summed E-state index contributed by atoms with van der Waals surface area (Å²) in [6.07, 6.45) is 0. The molecular weight excluding hydrogens is 168 g/mol. The van der Waals surface area contributed by atoms with Gasteiger partial charge in [-0.05, 0) is 10.8 Å². The van der Waals surface area contributed by atoms with Crippen molar-refractivity contribution in [2.45, 2.75) is 12.4 Å². The minimum absolute atomic E-state index is 0.0208. The van der Waals surface area contributed by atoms with E-state index in [2.05, 4.69) is 0 Å². The van der Waals surface area contributed by atoms with Crippen LogP contribution in [0.5, 0.6) is 0 Å². The number of hydrogen-bond donors (Lipinski definition) is 0. The molecule has 1 atom stereocenters. The molecular formula is C6H8O2S2. The number of esters is 1. The highest BCUT2D eigenvalue weighted by molar-refractivity contribution is 8.09. The smallest absolute Gasteiger partial charge is 0.303 e. The fraction of sp³-hybridized carbons (Fsp3) is 0.500. The van der Waals surface area contributed by atoms with Crippen molar-refractivity contribution in [1.82, 2.24) is 0 Å². The molecule has 1 heterocycles. The number of ether oxygens (including phenoxy) is 1. The van der Waals surface area contributed by atoms with Gasteiger partial charge in [-0.3, -0.25) is 4.79 Å². The van der Waals surface area contributed by atoms with Crippen LogP contribution in [0.1, 0.15) is 6.92 Å². The monoisotopic (exact) mass is 176 g/mol. The molecule has 56 valence electrons. The third-order valence-electron chi connectivity index (χ3n) is 0.912. The van der Waals surface area contributed by atoms with Crippen LogP contribution in [-0.4, -0.2) is 17.2 Å². The van der Waals surface area contributed by atoms with Crippen molar-refractivity contribution in [3.05, 3.63) is 10.8 Å². The second-order valence-electron chi connectivity index (χ2n) is 1.78. The maximum Gasteiger partial charge on any atom is 0.303 e. The Hall–Kier alpha value is -0.0900. The van der Waals surface area contributed by atoms with Crippen molar-refractivity contribution in [3.8, 4) is 0 Å². The van der Waals surface area contributed by atoms with Crippen molar-refractivity contribution in [3.63, 3.8) is 0 Å². The van der Waals surface area contributed by atoms with Gasteiger partial charge in [0.05, 0.1) is 0 Å². The van der Waals surface area contributed by atoms with E-state index in [9.17, 15) is 4.79 Å². The van der Waals surface area contributed by atoms with Gasteiger partial charge in [-0.15, -0.1) is 11.8 Å². The third kappa shape index (κ3) is 2.66. The summed E-state index contributed by atoms with van der Waals surface area (Å²) in [6.45, 7) is 1.43. The first kappa shape index (κ1) is 8.01. The average Bonchev–Trinajstić information content (AvgIpc) is 1.88. The van der Waals surface area contributed by atoms with E-state index in [1.807, 2.05) is 10.8 Å². The molecule has 0 amide bonds. The number of hydrogen-bond acceptors (Lipinski definition) is 4. The van der Waals surface area contributed by atoms with E-state index in [4.69, 9.17) is 4.74 Å². The van der Waals surface area contributed by atoms with Crippen molar-refractivity contribution in [2.24, 2.45) is 0 Å². The number of carbonyl (C=O) groups is 1. The molecule has 0 saturated carbocycles. The largest absolute Gasteiger partial charge is 0.450 e. The average molecular weight is 176 g/mol. The molecule has 2 nitrogen and oxygen atoms in total. The minimum Gasteiger partial charge on any atom is -0.450 e. The fourth-order valence-electron chi connectivity index (χ4n) is 0.579.